The van der Waals surface area contributed by atoms with Gasteiger partial charge in [-0.1, -0.05) is 23.9 Å². The van der Waals surface area contributed by atoms with Gasteiger partial charge in [0.15, 0.2) is 12.4 Å². The Bertz CT molecular complexity index is 1000. The van der Waals surface area contributed by atoms with Crippen molar-refractivity contribution in [2.24, 2.45) is 0 Å². The van der Waals surface area contributed by atoms with Crippen LogP contribution in [0.2, 0.25) is 0 Å². The molecule has 0 aliphatic rings. The van der Waals surface area contributed by atoms with Gasteiger partial charge in [-0.3, -0.25) is 14.4 Å². The maximum atomic E-state index is 11.9. The van der Waals surface area contributed by atoms with E-state index in [9.17, 15) is 14.4 Å². The summed E-state index contributed by atoms with van der Waals surface area (Å²) in [5.74, 6) is -1.06. The van der Waals surface area contributed by atoms with E-state index in [0.29, 0.717) is 16.3 Å². The molecule has 9 heteroatoms. The van der Waals surface area contributed by atoms with Gasteiger partial charge in [-0.15, -0.1) is 11.3 Å². The van der Waals surface area contributed by atoms with Gasteiger partial charge in [-0.05, 0) is 30.5 Å². The average molecular weight is 401 g/mol. The fourth-order valence-corrected chi connectivity index (χ4v) is 3.79. The number of fused-ring (bicyclic) bond motifs is 1. The molecule has 0 saturated carbocycles. The average Bonchev–Trinajstić information content (AvgIpc) is 3.14. The van der Waals surface area contributed by atoms with Gasteiger partial charge in [0.2, 0.25) is 0 Å². The number of amides is 1. The van der Waals surface area contributed by atoms with E-state index in [2.05, 4.69) is 15.3 Å². The molecule has 3 aromatic rings. The van der Waals surface area contributed by atoms with E-state index >= 15 is 0 Å². The first-order valence-corrected chi connectivity index (χ1v) is 9.77. The summed E-state index contributed by atoms with van der Waals surface area (Å²) in [6.45, 7) is 1.04. The fraction of sp³-hybridized carbons (Fsp3) is 0.167. The lowest BCUT2D eigenvalue weighted by molar-refractivity contribution is -0.144. The van der Waals surface area contributed by atoms with Gasteiger partial charge >= 0.3 is 5.97 Å². The van der Waals surface area contributed by atoms with Gasteiger partial charge < -0.3 is 10.1 Å². The molecule has 0 fully saturated rings. The van der Waals surface area contributed by atoms with E-state index in [0.717, 1.165) is 10.2 Å². The monoisotopic (exact) mass is 401 g/mol. The van der Waals surface area contributed by atoms with E-state index in [1.54, 1.807) is 24.3 Å². The Morgan fingerprint density at radius 3 is 2.89 bits per heavy atom. The number of thiophene rings is 1. The van der Waals surface area contributed by atoms with Crippen molar-refractivity contribution >= 4 is 56.7 Å². The lowest BCUT2D eigenvalue weighted by Gasteiger charge is -2.07. The first-order chi connectivity index (χ1) is 13.0. The maximum Gasteiger partial charge on any atom is 0.316 e. The molecule has 1 N–H and O–H groups in total. The van der Waals surface area contributed by atoms with Crippen LogP contribution < -0.4 is 5.32 Å². The summed E-state index contributed by atoms with van der Waals surface area (Å²) in [7, 11) is 0. The summed E-state index contributed by atoms with van der Waals surface area (Å²) in [6.07, 6.45) is 1.45. The van der Waals surface area contributed by atoms with E-state index < -0.39 is 18.5 Å². The molecule has 0 aliphatic heterocycles. The molecule has 2 aromatic heterocycles. The van der Waals surface area contributed by atoms with Crippen LogP contribution in [0, 0.1) is 0 Å². The van der Waals surface area contributed by atoms with Crippen LogP contribution in [0.15, 0.2) is 47.1 Å². The number of hydrogen-bond acceptors (Lipinski definition) is 8. The van der Waals surface area contributed by atoms with Gasteiger partial charge in [-0.2, -0.15) is 0 Å². The second-order valence-electron chi connectivity index (χ2n) is 5.45. The number of esters is 1. The molecule has 1 amide bonds. The lowest BCUT2D eigenvalue weighted by atomic mass is 10.1. The molecular weight excluding hydrogens is 386 g/mol. The van der Waals surface area contributed by atoms with E-state index in [4.69, 9.17) is 4.74 Å². The van der Waals surface area contributed by atoms with Gasteiger partial charge in [0.1, 0.15) is 16.2 Å². The number of anilines is 1. The van der Waals surface area contributed by atoms with Crippen LogP contribution in [0.5, 0.6) is 0 Å². The number of aromatic nitrogens is 2. The number of ether oxygens (including phenoxy) is 1. The van der Waals surface area contributed by atoms with Crippen LogP contribution in [0.25, 0.3) is 10.2 Å². The zero-order valence-corrected chi connectivity index (χ0v) is 15.9. The summed E-state index contributed by atoms with van der Waals surface area (Å²) in [4.78, 5) is 44.3. The van der Waals surface area contributed by atoms with Crippen molar-refractivity contribution in [3.8, 4) is 0 Å². The Labute approximate surface area is 163 Å². The highest BCUT2D eigenvalue weighted by atomic mass is 32.2. The zero-order valence-electron chi connectivity index (χ0n) is 14.3. The Morgan fingerprint density at radius 1 is 1.22 bits per heavy atom. The number of ketones is 1. The van der Waals surface area contributed by atoms with Crippen molar-refractivity contribution < 1.29 is 19.1 Å². The Hall–Kier alpha value is -2.78. The summed E-state index contributed by atoms with van der Waals surface area (Å²) in [5.41, 5.74) is 0.963. The third-order valence-electron chi connectivity index (χ3n) is 3.47. The smallest absolute Gasteiger partial charge is 0.316 e. The first kappa shape index (κ1) is 19.0. The Morgan fingerprint density at radius 2 is 2.07 bits per heavy atom. The second kappa shape index (κ2) is 8.74. The fourth-order valence-electron chi connectivity index (χ4n) is 2.21. The molecule has 138 valence electrons. The number of benzene rings is 1. The maximum absolute atomic E-state index is 11.9. The molecular formula is C18H15N3O4S2. The minimum atomic E-state index is -0.519. The van der Waals surface area contributed by atoms with Gasteiger partial charge in [0.25, 0.3) is 5.91 Å². The zero-order chi connectivity index (χ0) is 19.2. The van der Waals surface area contributed by atoms with Gasteiger partial charge in [-0.25, -0.2) is 9.97 Å². The highest BCUT2D eigenvalue weighted by Gasteiger charge is 2.12. The molecule has 0 atom stereocenters. The van der Waals surface area contributed by atoms with Crippen LogP contribution in [-0.4, -0.2) is 40.0 Å². The molecule has 0 unspecified atom stereocenters. The number of hydrogen-bond donors (Lipinski definition) is 1. The summed E-state index contributed by atoms with van der Waals surface area (Å²) in [6, 6.07) is 8.45. The van der Waals surface area contributed by atoms with Crippen molar-refractivity contribution in [2.75, 3.05) is 17.7 Å². The van der Waals surface area contributed by atoms with Crippen LogP contribution in [0.3, 0.4) is 0 Å². The summed E-state index contributed by atoms with van der Waals surface area (Å²) in [5, 5.41) is 6.09. The van der Waals surface area contributed by atoms with Gasteiger partial charge in [0.05, 0.1) is 5.75 Å². The van der Waals surface area contributed by atoms with E-state index in [1.807, 2.05) is 11.4 Å². The standard InChI is InChI=1S/C18H15N3O4S2/c1-11(22)12-3-2-4-13(7-12)21-15(23)8-25-16(24)9-27-18-14-5-6-26-17(14)19-10-20-18/h2-7,10H,8-9H2,1H3,(H,21,23). The minimum Gasteiger partial charge on any atom is -0.455 e. The minimum absolute atomic E-state index is 0.0368. The molecule has 0 aliphatic carbocycles. The molecule has 1 aromatic carbocycles. The molecule has 0 spiro atoms. The molecule has 0 radical (unpaired) electrons. The molecule has 3 rings (SSSR count). The molecule has 27 heavy (non-hydrogen) atoms. The molecule has 0 saturated heterocycles. The third-order valence-corrected chi connectivity index (χ3v) is 5.27. The van der Waals surface area contributed by atoms with Crippen molar-refractivity contribution in [3.63, 3.8) is 0 Å². The van der Waals surface area contributed by atoms with Crippen molar-refractivity contribution in [1.82, 2.24) is 9.97 Å². The highest BCUT2D eigenvalue weighted by Crippen LogP contribution is 2.27. The van der Waals surface area contributed by atoms with Crippen LogP contribution in [0.1, 0.15) is 17.3 Å². The van der Waals surface area contributed by atoms with Crippen molar-refractivity contribution in [3.05, 3.63) is 47.6 Å². The number of nitrogens with one attached hydrogen (secondary N) is 1. The van der Waals surface area contributed by atoms with Crippen molar-refractivity contribution in [1.29, 1.82) is 0 Å². The molecule has 7 nitrogen and oxygen atoms in total. The number of carbonyl (C=O) groups is 3. The van der Waals surface area contributed by atoms with Crippen LogP contribution in [-0.2, 0) is 14.3 Å². The number of nitrogens with zero attached hydrogens (tertiary/aromatic N) is 2. The normalized spacial score (nSPS) is 10.6. The highest BCUT2D eigenvalue weighted by molar-refractivity contribution is 8.00. The largest absolute Gasteiger partial charge is 0.455 e. The SMILES string of the molecule is CC(=O)c1cccc(NC(=O)COC(=O)CSc2ncnc3sccc23)c1. The van der Waals surface area contributed by atoms with E-state index in [1.165, 1.54) is 36.3 Å². The van der Waals surface area contributed by atoms with Crippen molar-refractivity contribution in [2.45, 2.75) is 11.9 Å². The number of carbonyl (C=O) groups excluding carboxylic acids is 3. The molecule has 2 heterocycles. The first-order valence-electron chi connectivity index (χ1n) is 7.90. The lowest BCUT2D eigenvalue weighted by Crippen LogP contribution is -2.21. The second-order valence-corrected chi connectivity index (χ2v) is 7.31. The summed E-state index contributed by atoms with van der Waals surface area (Å²) >= 11 is 2.73. The number of rotatable bonds is 7. The quantitative estimate of drug-likeness (QED) is 0.281. The Kier molecular flexibility index (Phi) is 6.15. The number of Topliss-reactive ketones (excluding diaryl/α,β-unsaturated/α-hetero) is 1. The summed E-state index contributed by atoms with van der Waals surface area (Å²) < 4.78 is 4.99. The number of thioether (sulfide) groups is 1. The predicted octanol–water partition coefficient (Wildman–Crippen LogP) is 3.17. The topological polar surface area (TPSA) is 98.2 Å². The third kappa shape index (κ3) is 5.11. The molecule has 0 bridgehead atoms. The van der Waals surface area contributed by atoms with Crippen LogP contribution in [0.4, 0.5) is 5.69 Å². The van der Waals surface area contributed by atoms with Crippen LogP contribution >= 0.6 is 23.1 Å². The van der Waals surface area contributed by atoms with Gasteiger partial charge in [0, 0.05) is 16.6 Å². The Balaban J connectivity index is 1.47. The predicted molar refractivity (Wildman–Crippen MR) is 104 cm³/mol. The van der Waals surface area contributed by atoms with E-state index in [-0.39, 0.29) is 11.5 Å².